The molecule has 1 heterocycles. The molecule has 0 saturated carbocycles. The van der Waals surface area contributed by atoms with Crippen LogP contribution in [0.2, 0.25) is 0 Å². The van der Waals surface area contributed by atoms with Crippen LogP contribution in [0.25, 0.3) is 21.8 Å². The Kier molecular flexibility index (Phi) is 6.61. The van der Waals surface area contributed by atoms with Crippen molar-refractivity contribution in [1.29, 1.82) is 0 Å². The Balaban J connectivity index is 1.34. The summed E-state index contributed by atoms with van der Waals surface area (Å²) >= 11 is 0. The number of rotatable bonds is 9. The second-order valence-electron chi connectivity index (χ2n) is 7.62. The third-order valence-electron chi connectivity index (χ3n) is 5.72. The van der Waals surface area contributed by atoms with Gasteiger partial charge in [0.25, 0.3) is 5.91 Å². The molecule has 1 amide bonds. The zero-order valence-corrected chi connectivity index (χ0v) is 18.8. The molecule has 1 aromatic heterocycles. The van der Waals surface area contributed by atoms with Gasteiger partial charge in [0, 0.05) is 53.5 Å². The van der Waals surface area contributed by atoms with Gasteiger partial charge in [-0.3, -0.25) is 4.79 Å². The van der Waals surface area contributed by atoms with Crippen LogP contribution in [0.3, 0.4) is 0 Å². The highest BCUT2D eigenvalue weighted by Crippen LogP contribution is 2.30. The maximum absolute atomic E-state index is 12.4. The molecule has 0 aliphatic carbocycles. The molecule has 32 heavy (non-hydrogen) atoms. The highest BCUT2D eigenvalue weighted by Gasteiger charge is 2.11. The number of benzene rings is 3. The number of hydrogen-bond acceptors (Lipinski definition) is 4. The van der Waals surface area contributed by atoms with E-state index < -0.39 is 0 Å². The van der Waals surface area contributed by atoms with Gasteiger partial charge in [-0.1, -0.05) is 24.3 Å². The molecule has 166 valence electrons. The summed E-state index contributed by atoms with van der Waals surface area (Å²) in [6.07, 6.45) is 0. The number of para-hydroxylation sites is 1. The molecule has 0 unspecified atom stereocenters. The number of fused-ring (bicyclic) bond motifs is 3. The second-order valence-corrected chi connectivity index (χ2v) is 7.62. The predicted octanol–water partition coefficient (Wildman–Crippen LogP) is 4.35. The third-order valence-corrected chi connectivity index (χ3v) is 5.72. The van der Waals surface area contributed by atoms with Crippen molar-refractivity contribution in [3.8, 4) is 11.5 Å². The van der Waals surface area contributed by atoms with E-state index in [-0.39, 0.29) is 5.91 Å². The minimum atomic E-state index is -0.137. The van der Waals surface area contributed by atoms with Crippen LogP contribution in [0, 0.1) is 0 Å². The van der Waals surface area contributed by atoms with E-state index in [1.807, 2.05) is 0 Å². The predicted molar refractivity (Wildman–Crippen MR) is 129 cm³/mol. The van der Waals surface area contributed by atoms with E-state index in [2.05, 4.69) is 64.6 Å². The standard InChI is InChI=1S/C26H29N3O3/c1-4-29-22-8-6-5-7-20(22)21-15-18(9-11-23(21)29)17-27-13-14-28-26(30)19-10-12-24(31-2)25(16-19)32-3/h5-12,15-16,27H,4,13-14,17H2,1-3H3,(H,28,30). The average Bonchev–Trinajstić information content (AvgIpc) is 3.16. The Morgan fingerprint density at radius 2 is 1.66 bits per heavy atom. The zero-order chi connectivity index (χ0) is 22.5. The van der Waals surface area contributed by atoms with Crippen molar-refractivity contribution >= 4 is 27.7 Å². The first kappa shape index (κ1) is 21.7. The third kappa shape index (κ3) is 4.27. The highest BCUT2D eigenvalue weighted by molar-refractivity contribution is 6.08. The molecule has 0 bridgehead atoms. The number of aryl methyl sites for hydroxylation is 1. The van der Waals surface area contributed by atoms with Crippen LogP contribution in [0.15, 0.2) is 60.7 Å². The van der Waals surface area contributed by atoms with Crippen LogP contribution in [-0.4, -0.2) is 37.8 Å². The van der Waals surface area contributed by atoms with Gasteiger partial charge in [0.2, 0.25) is 0 Å². The molecule has 0 saturated heterocycles. The van der Waals surface area contributed by atoms with Gasteiger partial charge in [-0.25, -0.2) is 0 Å². The molecule has 0 radical (unpaired) electrons. The van der Waals surface area contributed by atoms with Gasteiger partial charge in [-0.2, -0.15) is 0 Å². The van der Waals surface area contributed by atoms with Crippen molar-refractivity contribution in [3.63, 3.8) is 0 Å². The fourth-order valence-electron chi connectivity index (χ4n) is 4.13. The summed E-state index contributed by atoms with van der Waals surface area (Å²) in [7, 11) is 3.13. The molecule has 6 heteroatoms. The number of methoxy groups -OCH3 is 2. The lowest BCUT2D eigenvalue weighted by molar-refractivity contribution is 0.0953. The van der Waals surface area contributed by atoms with E-state index in [9.17, 15) is 4.79 Å². The van der Waals surface area contributed by atoms with Crippen molar-refractivity contribution in [2.24, 2.45) is 0 Å². The van der Waals surface area contributed by atoms with Gasteiger partial charge in [-0.15, -0.1) is 0 Å². The van der Waals surface area contributed by atoms with Gasteiger partial charge in [0.15, 0.2) is 11.5 Å². The first-order chi connectivity index (χ1) is 15.7. The van der Waals surface area contributed by atoms with Gasteiger partial charge >= 0.3 is 0 Å². The Morgan fingerprint density at radius 3 is 2.44 bits per heavy atom. The number of aromatic nitrogens is 1. The topological polar surface area (TPSA) is 64.5 Å². The van der Waals surface area contributed by atoms with Gasteiger partial charge < -0.3 is 24.7 Å². The molecule has 4 aromatic rings. The molecule has 0 spiro atoms. The van der Waals surface area contributed by atoms with Crippen LogP contribution >= 0.6 is 0 Å². The van der Waals surface area contributed by atoms with E-state index in [1.165, 1.54) is 27.4 Å². The summed E-state index contributed by atoms with van der Waals surface area (Å²) < 4.78 is 12.8. The van der Waals surface area contributed by atoms with Crippen LogP contribution in [0.5, 0.6) is 11.5 Å². The summed E-state index contributed by atoms with van der Waals surface area (Å²) in [5.74, 6) is 1.00. The fraction of sp³-hybridized carbons (Fsp3) is 0.269. The van der Waals surface area contributed by atoms with Crippen LogP contribution in [0.1, 0.15) is 22.8 Å². The molecule has 4 rings (SSSR count). The summed E-state index contributed by atoms with van der Waals surface area (Å²) in [6, 6.07) is 20.3. The smallest absolute Gasteiger partial charge is 0.251 e. The first-order valence-electron chi connectivity index (χ1n) is 10.9. The number of nitrogens with zero attached hydrogens (tertiary/aromatic N) is 1. The Hall–Kier alpha value is -3.51. The van der Waals surface area contributed by atoms with E-state index in [4.69, 9.17) is 9.47 Å². The maximum Gasteiger partial charge on any atom is 0.251 e. The largest absolute Gasteiger partial charge is 0.493 e. The van der Waals surface area contributed by atoms with Crippen LogP contribution in [-0.2, 0) is 13.1 Å². The molecule has 6 nitrogen and oxygen atoms in total. The van der Waals surface area contributed by atoms with Gasteiger partial charge in [0.05, 0.1) is 14.2 Å². The summed E-state index contributed by atoms with van der Waals surface area (Å²) in [4.78, 5) is 12.4. The van der Waals surface area contributed by atoms with Crippen molar-refractivity contribution in [2.75, 3.05) is 27.3 Å². The monoisotopic (exact) mass is 431 g/mol. The lowest BCUT2D eigenvalue weighted by atomic mass is 10.1. The summed E-state index contributed by atoms with van der Waals surface area (Å²) in [6.45, 7) is 5.07. The van der Waals surface area contributed by atoms with Crippen LogP contribution < -0.4 is 20.1 Å². The minimum Gasteiger partial charge on any atom is -0.493 e. The van der Waals surface area contributed by atoms with Crippen molar-refractivity contribution in [3.05, 3.63) is 71.8 Å². The second kappa shape index (κ2) is 9.75. The van der Waals surface area contributed by atoms with E-state index in [1.54, 1.807) is 32.4 Å². The Morgan fingerprint density at radius 1 is 0.875 bits per heavy atom. The van der Waals surface area contributed by atoms with Crippen molar-refractivity contribution in [1.82, 2.24) is 15.2 Å². The maximum atomic E-state index is 12.4. The molecule has 3 aromatic carbocycles. The Bertz CT molecular complexity index is 1250. The molecule has 0 fully saturated rings. The molecule has 0 aliphatic heterocycles. The van der Waals surface area contributed by atoms with Gasteiger partial charge in [-0.05, 0) is 48.9 Å². The SMILES string of the molecule is CCn1c2ccccc2c2cc(CNCCNC(=O)c3ccc(OC)c(OC)c3)ccc21. The number of hydrogen-bond donors (Lipinski definition) is 2. The number of carbonyl (C=O) groups excluding carboxylic acids is 1. The summed E-state index contributed by atoms with van der Waals surface area (Å²) in [5.41, 5.74) is 4.30. The van der Waals surface area contributed by atoms with E-state index >= 15 is 0 Å². The average molecular weight is 432 g/mol. The molecule has 0 aliphatic rings. The molecule has 0 atom stereocenters. The summed E-state index contributed by atoms with van der Waals surface area (Å²) in [5, 5.41) is 8.92. The molecular formula is C26H29N3O3. The van der Waals surface area contributed by atoms with E-state index in [0.29, 0.717) is 30.2 Å². The lowest BCUT2D eigenvalue weighted by Gasteiger charge is -2.10. The first-order valence-corrected chi connectivity index (χ1v) is 10.9. The lowest BCUT2D eigenvalue weighted by Crippen LogP contribution is -2.31. The van der Waals surface area contributed by atoms with E-state index in [0.717, 1.165) is 13.1 Å². The zero-order valence-electron chi connectivity index (χ0n) is 18.8. The fourth-order valence-corrected chi connectivity index (χ4v) is 4.13. The molecular weight excluding hydrogens is 402 g/mol. The number of nitrogens with one attached hydrogen (secondary N) is 2. The normalized spacial score (nSPS) is 11.1. The minimum absolute atomic E-state index is 0.137. The molecule has 2 N–H and O–H groups in total. The number of amides is 1. The quantitative estimate of drug-likeness (QED) is 0.387. The highest BCUT2D eigenvalue weighted by atomic mass is 16.5. The number of carbonyl (C=O) groups is 1. The number of ether oxygens (including phenoxy) is 2. The van der Waals surface area contributed by atoms with Crippen molar-refractivity contribution in [2.45, 2.75) is 20.0 Å². The Labute approximate surface area is 188 Å². The van der Waals surface area contributed by atoms with Crippen LogP contribution in [0.4, 0.5) is 0 Å². The van der Waals surface area contributed by atoms with Crippen molar-refractivity contribution < 1.29 is 14.3 Å². The van der Waals surface area contributed by atoms with Gasteiger partial charge in [0.1, 0.15) is 0 Å².